The number of aliphatic hydroxyl groups is 2. The van der Waals surface area contributed by atoms with Crippen LogP contribution in [0.4, 0.5) is 13.2 Å². The van der Waals surface area contributed by atoms with Gasteiger partial charge < -0.3 is 34.3 Å². The Labute approximate surface area is 240 Å². The smallest absolute Gasteiger partial charge is 0.406 e. The van der Waals surface area contributed by atoms with Crippen molar-refractivity contribution in [2.75, 3.05) is 26.8 Å². The molecule has 40 heavy (non-hydrogen) atoms. The predicted octanol–water partition coefficient (Wildman–Crippen LogP) is 3.67. The maximum absolute atomic E-state index is 13.8. The average molecular weight is 674 g/mol. The summed E-state index contributed by atoms with van der Waals surface area (Å²) in [7, 11) is 1.39. The molecule has 0 saturated carbocycles. The van der Waals surface area contributed by atoms with Crippen LogP contribution in [0.3, 0.4) is 0 Å². The van der Waals surface area contributed by atoms with Gasteiger partial charge in [0.1, 0.15) is 24.5 Å². The minimum absolute atomic E-state index is 0.00839. The van der Waals surface area contributed by atoms with Gasteiger partial charge in [0, 0.05) is 23.9 Å². The minimum atomic E-state index is -4.84. The van der Waals surface area contributed by atoms with E-state index in [4.69, 9.17) is 19.0 Å². The summed E-state index contributed by atoms with van der Waals surface area (Å²) < 4.78 is 58.9. The SMILES string of the molecule is COc1cccc2cc(C(=O)N(CC(F)(F)F)[C@@H]3CC(C(=O)NCCO)=C[C@H](Oc4ccccc4I)[C@H]3O)oc12. The fourth-order valence-electron chi connectivity index (χ4n) is 4.44. The summed E-state index contributed by atoms with van der Waals surface area (Å²) >= 11 is 2.00. The third-order valence-corrected chi connectivity index (χ3v) is 7.15. The van der Waals surface area contributed by atoms with E-state index in [0.717, 1.165) is 0 Å². The van der Waals surface area contributed by atoms with Crippen molar-refractivity contribution in [2.24, 2.45) is 0 Å². The van der Waals surface area contributed by atoms with Crippen molar-refractivity contribution in [3.8, 4) is 11.5 Å². The van der Waals surface area contributed by atoms with E-state index >= 15 is 0 Å². The van der Waals surface area contributed by atoms with Crippen LogP contribution in [-0.4, -0.2) is 78.2 Å². The molecule has 0 bridgehead atoms. The molecule has 0 aliphatic heterocycles. The molecule has 0 radical (unpaired) electrons. The van der Waals surface area contributed by atoms with E-state index in [-0.39, 0.29) is 30.1 Å². The van der Waals surface area contributed by atoms with Crippen molar-refractivity contribution < 1.29 is 46.9 Å². The molecule has 3 N–H and O–H groups in total. The molecule has 1 aliphatic rings. The van der Waals surface area contributed by atoms with Crippen LogP contribution in [0.2, 0.25) is 0 Å². The van der Waals surface area contributed by atoms with Gasteiger partial charge >= 0.3 is 6.18 Å². The number of carbonyl (C=O) groups excluding carboxylic acids is 2. The van der Waals surface area contributed by atoms with E-state index in [9.17, 15) is 27.9 Å². The van der Waals surface area contributed by atoms with Crippen molar-refractivity contribution in [1.82, 2.24) is 10.2 Å². The topological polar surface area (TPSA) is 121 Å². The highest BCUT2D eigenvalue weighted by Gasteiger charge is 2.45. The predicted molar refractivity (Wildman–Crippen MR) is 146 cm³/mol. The Morgan fingerprint density at radius 3 is 2.58 bits per heavy atom. The van der Waals surface area contributed by atoms with Gasteiger partial charge in [0.25, 0.3) is 5.91 Å². The van der Waals surface area contributed by atoms with Gasteiger partial charge in [-0.1, -0.05) is 24.3 Å². The monoisotopic (exact) mass is 674 g/mol. The van der Waals surface area contributed by atoms with Gasteiger partial charge in [-0.2, -0.15) is 13.2 Å². The van der Waals surface area contributed by atoms with E-state index in [1.54, 1.807) is 42.5 Å². The van der Waals surface area contributed by atoms with Crippen LogP contribution in [0.5, 0.6) is 11.5 Å². The quantitative estimate of drug-likeness (QED) is 0.297. The number of nitrogens with one attached hydrogen (secondary N) is 1. The van der Waals surface area contributed by atoms with Crippen molar-refractivity contribution >= 4 is 45.4 Å². The maximum Gasteiger partial charge on any atom is 0.406 e. The van der Waals surface area contributed by atoms with E-state index in [0.29, 0.717) is 19.6 Å². The molecule has 3 atom stereocenters. The van der Waals surface area contributed by atoms with E-state index in [2.05, 4.69) is 5.32 Å². The van der Waals surface area contributed by atoms with Crippen LogP contribution in [0, 0.1) is 3.57 Å². The van der Waals surface area contributed by atoms with Gasteiger partial charge in [0.05, 0.1) is 23.3 Å². The molecule has 2 aromatic carbocycles. The van der Waals surface area contributed by atoms with Crippen LogP contribution < -0.4 is 14.8 Å². The standard InChI is InChI=1S/C27H26F3IN2O7/c1-38-20-8-4-5-15-12-22(40-24(15)20)26(37)33(14-27(28,29)30)18-11-16(25(36)32-9-10-34)13-21(23(18)35)39-19-7-3-2-6-17(19)31/h2-8,12-13,18,21,23,34-35H,9-11,14H2,1H3,(H,32,36)/t18-,21+,23+/m1/s1. The number of aliphatic hydroxyl groups excluding tert-OH is 2. The van der Waals surface area contributed by atoms with Crippen LogP contribution in [0.1, 0.15) is 17.0 Å². The number of furan rings is 1. The number of carbonyl (C=O) groups is 2. The summed E-state index contributed by atoms with van der Waals surface area (Å²) in [5.74, 6) is -1.59. The number of nitrogens with zero attached hydrogens (tertiary/aromatic N) is 1. The zero-order valence-electron chi connectivity index (χ0n) is 21.2. The molecule has 0 spiro atoms. The van der Waals surface area contributed by atoms with Crippen LogP contribution in [0.25, 0.3) is 11.0 Å². The molecule has 3 aromatic rings. The molecular weight excluding hydrogens is 648 g/mol. The first-order valence-electron chi connectivity index (χ1n) is 12.2. The highest BCUT2D eigenvalue weighted by Crippen LogP contribution is 2.34. The molecule has 0 fully saturated rings. The van der Waals surface area contributed by atoms with Gasteiger partial charge in [-0.25, -0.2) is 0 Å². The first-order chi connectivity index (χ1) is 19.0. The Hall–Kier alpha value is -3.30. The molecule has 0 saturated heterocycles. The number of methoxy groups -OCH3 is 1. The van der Waals surface area contributed by atoms with E-state index in [1.807, 2.05) is 22.6 Å². The number of benzene rings is 2. The first-order valence-corrected chi connectivity index (χ1v) is 13.2. The third-order valence-electron chi connectivity index (χ3n) is 6.26. The maximum atomic E-state index is 13.8. The summed E-state index contributed by atoms with van der Waals surface area (Å²) in [6.07, 6.45) is -6.85. The Morgan fingerprint density at radius 1 is 1.18 bits per heavy atom. The lowest BCUT2D eigenvalue weighted by Gasteiger charge is -2.40. The fourth-order valence-corrected chi connectivity index (χ4v) is 4.96. The first kappa shape index (κ1) is 29.7. The number of amides is 2. The molecule has 0 unspecified atom stereocenters. The van der Waals surface area contributed by atoms with Crippen LogP contribution in [-0.2, 0) is 4.79 Å². The minimum Gasteiger partial charge on any atom is -0.493 e. The highest BCUT2D eigenvalue weighted by atomic mass is 127. The molecule has 4 rings (SSSR count). The van der Waals surface area contributed by atoms with Crippen LogP contribution in [0.15, 0.2) is 64.6 Å². The largest absolute Gasteiger partial charge is 0.493 e. The second-order valence-corrected chi connectivity index (χ2v) is 10.1. The number of ether oxygens (including phenoxy) is 2. The summed E-state index contributed by atoms with van der Waals surface area (Å²) in [4.78, 5) is 26.9. The summed E-state index contributed by atoms with van der Waals surface area (Å²) in [6.45, 7) is -2.18. The molecule has 13 heteroatoms. The van der Waals surface area contributed by atoms with Crippen LogP contribution >= 0.6 is 22.6 Å². The van der Waals surface area contributed by atoms with Gasteiger partial charge in [-0.05, 0) is 52.9 Å². The Bertz CT molecular complexity index is 1410. The van der Waals surface area contributed by atoms with Gasteiger partial charge in [0.15, 0.2) is 17.1 Å². The molecule has 1 heterocycles. The molecule has 9 nitrogen and oxygen atoms in total. The number of fused-ring (bicyclic) bond motifs is 1. The normalized spacial score (nSPS) is 19.2. The molecule has 1 aliphatic carbocycles. The Balaban J connectivity index is 1.74. The molecule has 2 amide bonds. The van der Waals surface area contributed by atoms with Gasteiger partial charge in [0.2, 0.25) is 5.91 Å². The second-order valence-electron chi connectivity index (χ2n) is 8.98. The number of rotatable bonds is 9. The van der Waals surface area contributed by atoms with Crippen molar-refractivity contribution in [3.05, 3.63) is 69.5 Å². The Morgan fingerprint density at radius 2 is 1.90 bits per heavy atom. The van der Waals surface area contributed by atoms with E-state index in [1.165, 1.54) is 19.3 Å². The zero-order valence-corrected chi connectivity index (χ0v) is 23.3. The number of hydrogen-bond donors (Lipinski definition) is 3. The van der Waals surface area contributed by atoms with Crippen molar-refractivity contribution in [1.29, 1.82) is 0 Å². The molecular formula is C27H26F3IN2O7. The number of hydrogen-bond acceptors (Lipinski definition) is 7. The van der Waals surface area contributed by atoms with Gasteiger partial charge in [-0.3, -0.25) is 9.59 Å². The average Bonchev–Trinajstić information content (AvgIpc) is 3.36. The third kappa shape index (κ3) is 6.70. The highest BCUT2D eigenvalue weighted by molar-refractivity contribution is 14.1. The number of alkyl halides is 3. The fraction of sp³-hybridized carbons (Fsp3) is 0.333. The lowest BCUT2D eigenvalue weighted by molar-refractivity contribution is -0.151. The van der Waals surface area contributed by atoms with Gasteiger partial charge in [-0.15, -0.1) is 0 Å². The second kappa shape index (κ2) is 12.5. The van der Waals surface area contributed by atoms with Crippen molar-refractivity contribution in [3.63, 3.8) is 0 Å². The Kier molecular flexibility index (Phi) is 9.26. The molecule has 1 aromatic heterocycles. The molecule has 214 valence electrons. The van der Waals surface area contributed by atoms with Crippen molar-refractivity contribution in [2.45, 2.75) is 30.8 Å². The zero-order chi connectivity index (χ0) is 29.0. The number of para-hydroxylation sites is 2. The van der Waals surface area contributed by atoms with E-state index < -0.39 is 55.0 Å². The summed E-state index contributed by atoms with van der Waals surface area (Å²) in [5, 5.41) is 23.3. The summed E-state index contributed by atoms with van der Waals surface area (Å²) in [5.41, 5.74) is 0.166. The summed E-state index contributed by atoms with van der Waals surface area (Å²) in [6, 6.07) is 11.4. The lowest BCUT2D eigenvalue weighted by Crippen LogP contribution is -2.57. The number of halogens is 4. The lowest BCUT2D eigenvalue weighted by atomic mass is 9.88.